The van der Waals surface area contributed by atoms with Crippen LogP contribution >= 0.6 is 0 Å². The predicted molar refractivity (Wildman–Crippen MR) is 27.8 cm³/mol. The van der Waals surface area contributed by atoms with Gasteiger partial charge in [0.05, 0.1) is 12.7 Å². The molecule has 0 aliphatic carbocycles. The average Bonchev–Trinajstić information content (AvgIpc) is 1.76. The molecule has 0 amide bonds. The van der Waals surface area contributed by atoms with Gasteiger partial charge < -0.3 is 33.3 Å². The monoisotopic (exact) mass is 185 g/mol. The van der Waals surface area contributed by atoms with Crippen molar-refractivity contribution in [3.63, 3.8) is 0 Å². The molecule has 0 spiro atoms. The van der Waals surface area contributed by atoms with E-state index in [1.165, 1.54) is 13.0 Å². The summed E-state index contributed by atoms with van der Waals surface area (Å²) in [5.74, 6) is 0. The molecular weight excluding hydrogens is 174 g/mol. The molecule has 0 saturated carbocycles. The molecule has 4 heteroatoms. The number of halogens is 1. The Labute approximate surface area is 59.2 Å². The van der Waals surface area contributed by atoms with Crippen LogP contribution in [0.3, 0.4) is 0 Å². The lowest BCUT2D eigenvalue weighted by molar-refractivity contribution is -0.578. The fourth-order valence-electron chi connectivity index (χ4n) is 0.481. The molecule has 0 radical (unpaired) electrons. The van der Waals surface area contributed by atoms with E-state index in [1.807, 2.05) is 0 Å². The number of nitrogens with two attached hydrogens (primary N) is 1. The van der Waals surface area contributed by atoms with Gasteiger partial charge in [0.2, 0.25) is 0 Å². The summed E-state index contributed by atoms with van der Waals surface area (Å²) in [5.41, 5.74) is 0. The molecule has 0 fully saturated rings. The smallest absolute Gasteiger partial charge is 0.0887 e. The molecule has 1 aliphatic heterocycles. The summed E-state index contributed by atoms with van der Waals surface area (Å²) in [6.45, 7) is 1.26. The number of hydrogen-bond donors (Lipinski definition) is 1. The van der Waals surface area contributed by atoms with Crippen LogP contribution in [0.1, 0.15) is 6.42 Å². The van der Waals surface area contributed by atoms with Crippen LogP contribution < -0.4 is 22.3 Å². The van der Waals surface area contributed by atoms with Crippen molar-refractivity contribution in [3.8, 4) is 0 Å². The molecule has 0 bridgehead atoms. The Morgan fingerprint density at radius 2 is 1.88 bits per heavy atom. The molecule has 0 saturated heterocycles. The normalized spacial score (nSPS) is 13.0. The Hall–Kier alpha value is 0.100. The van der Waals surface area contributed by atoms with Gasteiger partial charge in [-0.05, 0) is 6.08 Å². The maximum Gasteiger partial charge on any atom is 0.0887 e. The first-order chi connectivity index (χ1) is 2.50. The fraction of sp³-hybridized carbons (Fsp3) is 0.500. The minimum Gasteiger partial charge on any atom is -1.00 e. The Balaban J connectivity index is -0.0000000833. The molecule has 0 atom stereocenters. The topological polar surface area (TPSA) is 79.6 Å². The van der Waals surface area contributed by atoms with E-state index in [-0.39, 0.29) is 27.9 Å². The third-order valence-corrected chi connectivity index (χ3v) is 0.772. The van der Waals surface area contributed by atoms with Crippen molar-refractivity contribution in [2.45, 2.75) is 6.42 Å². The van der Waals surface area contributed by atoms with Crippen molar-refractivity contribution in [1.82, 2.24) is 0 Å². The molecule has 0 aromatic rings. The van der Waals surface area contributed by atoms with Crippen LogP contribution in [-0.2, 0) is 0 Å². The van der Waals surface area contributed by atoms with Crippen molar-refractivity contribution >= 4 is 0 Å². The van der Waals surface area contributed by atoms with Gasteiger partial charge >= 0.3 is 0 Å². The Morgan fingerprint density at radius 1 is 1.25 bits per heavy atom. The average molecular weight is 186 g/mol. The standard InChI is InChI=1S/C4H7N.BrH.2H2O/c1-2-4-5-3-1;;;/h1,3,5H,2,4H2;1H;2*1H2. The van der Waals surface area contributed by atoms with Gasteiger partial charge in [0.1, 0.15) is 0 Å². The lowest BCUT2D eigenvalue weighted by Gasteiger charge is -1.71. The largest absolute Gasteiger partial charge is 1.00 e. The van der Waals surface area contributed by atoms with Crippen molar-refractivity contribution in [1.29, 1.82) is 0 Å². The third-order valence-electron chi connectivity index (χ3n) is 0.772. The second-order valence-electron chi connectivity index (χ2n) is 1.24. The minimum atomic E-state index is 0. The molecule has 0 aromatic carbocycles. The van der Waals surface area contributed by atoms with Crippen LogP contribution in [0.5, 0.6) is 0 Å². The van der Waals surface area contributed by atoms with Gasteiger partial charge in [-0.3, -0.25) is 0 Å². The zero-order valence-electron chi connectivity index (χ0n) is 4.52. The summed E-state index contributed by atoms with van der Waals surface area (Å²) >= 11 is 0. The highest BCUT2D eigenvalue weighted by atomic mass is 79.9. The van der Waals surface area contributed by atoms with Gasteiger partial charge in [0, 0.05) is 6.42 Å². The molecule has 1 aliphatic rings. The van der Waals surface area contributed by atoms with Crippen molar-refractivity contribution in [2.24, 2.45) is 0 Å². The molecule has 1 heterocycles. The lowest BCUT2D eigenvalue weighted by atomic mass is 10.5. The van der Waals surface area contributed by atoms with Crippen LogP contribution in [0.2, 0.25) is 0 Å². The molecular formula is C4H12BrNO2. The van der Waals surface area contributed by atoms with Gasteiger partial charge in [-0.1, -0.05) is 0 Å². The second-order valence-corrected chi connectivity index (χ2v) is 1.24. The van der Waals surface area contributed by atoms with E-state index >= 15 is 0 Å². The van der Waals surface area contributed by atoms with E-state index in [0.29, 0.717) is 0 Å². The summed E-state index contributed by atoms with van der Waals surface area (Å²) in [5, 5.41) is 2.18. The second kappa shape index (κ2) is 10.2. The van der Waals surface area contributed by atoms with E-state index < -0.39 is 0 Å². The van der Waals surface area contributed by atoms with Gasteiger partial charge in [-0.2, -0.15) is 0 Å². The number of quaternary nitrogens is 1. The zero-order valence-corrected chi connectivity index (χ0v) is 6.11. The molecule has 52 valence electrons. The van der Waals surface area contributed by atoms with Crippen molar-refractivity contribution in [3.05, 3.63) is 12.3 Å². The fourth-order valence-corrected chi connectivity index (χ4v) is 0.481. The molecule has 0 unspecified atom stereocenters. The summed E-state index contributed by atoms with van der Waals surface area (Å²) in [6.07, 6.45) is 5.56. The first-order valence-corrected chi connectivity index (χ1v) is 1.98. The Kier molecular flexibility index (Phi) is 19.9. The predicted octanol–water partition coefficient (Wildman–Crippen LogP) is -5.18. The Bertz CT molecular complexity index is 52.0. The van der Waals surface area contributed by atoms with Crippen molar-refractivity contribution < 1.29 is 33.3 Å². The summed E-state index contributed by atoms with van der Waals surface area (Å²) in [6, 6.07) is 0. The maximum atomic E-state index is 2.18. The van der Waals surface area contributed by atoms with Crippen LogP contribution in [0.15, 0.2) is 12.3 Å². The SMILES string of the molecule is C1=C[NH2+]CC1.O.O.[Br-]. The van der Waals surface area contributed by atoms with Gasteiger partial charge in [-0.25, -0.2) is 0 Å². The molecule has 6 N–H and O–H groups in total. The van der Waals surface area contributed by atoms with Crippen molar-refractivity contribution in [2.75, 3.05) is 6.54 Å². The molecule has 0 aromatic heterocycles. The summed E-state index contributed by atoms with van der Waals surface area (Å²) in [4.78, 5) is 0. The van der Waals surface area contributed by atoms with Crippen LogP contribution in [0.4, 0.5) is 0 Å². The highest BCUT2D eigenvalue weighted by Gasteiger charge is 1.87. The lowest BCUT2D eigenvalue weighted by Crippen LogP contribution is -3.00. The molecule has 8 heavy (non-hydrogen) atoms. The van der Waals surface area contributed by atoms with E-state index in [2.05, 4.69) is 17.6 Å². The van der Waals surface area contributed by atoms with E-state index in [0.717, 1.165) is 0 Å². The third kappa shape index (κ3) is 6.10. The molecule has 3 nitrogen and oxygen atoms in total. The maximum absolute atomic E-state index is 2.18. The highest BCUT2D eigenvalue weighted by molar-refractivity contribution is 4.74. The highest BCUT2D eigenvalue weighted by Crippen LogP contribution is 1.75. The van der Waals surface area contributed by atoms with Crippen LogP contribution in [-0.4, -0.2) is 17.5 Å². The summed E-state index contributed by atoms with van der Waals surface area (Å²) in [7, 11) is 0. The quantitative estimate of drug-likeness (QED) is 0.392. The minimum absolute atomic E-state index is 0. The van der Waals surface area contributed by atoms with E-state index in [9.17, 15) is 0 Å². The first-order valence-electron chi connectivity index (χ1n) is 1.98. The van der Waals surface area contributed by atoms with Gasteiger partial charge in [-0.15, -0.1) is 0 Å². The number of hydrogen-bond acceptors (Lipinski definition) is 0. The van der Waals surface area contributed by atoms with E-state index in [1.54, 1.807) is 0 Å². The van der Waals surface area contributed by atoms with Crippen LogP contribution in [0, 0.1) is 0 Å². The zero-order chi connectivity index (χ0) is 3.54. The van der Waals surface area contributed by atoms with Gasteiger partial charge in [0.15, 0.2) is 0 Å². The summed E-state index contributed by atoms with van der Waals surface area (Å²) < 4.78 is 0. The number of rotatable bonds is 0. The van der Waals surface area contributed by atoms with Crippen LogP contribution in [0.25, 0.3) is 0 Å². The first kappa shape index (κ1) is 15.7. The Morgan fingerprint density at radius 3 is 2.00 bits per heavy atom. The van der Waals surface area contributed by atoms with Gasteiger partial charge in [0.25, 0.3) is 0 Å². The van der Waals surface area contributed by atoms with E-state index in [4.69, 9.17) is 0 Å². The molecule has 1 rings (SSSR count).